The number of rotatable bonds is 4. The first-order valence-corrected chi connectivity index (χ1v) is 10.1. The van der Waals surface area contributed by atoms with E-state index in [1.54, 1.807) is 30.3 Å². The highest BCUT2D eigenvalue weighted by molar-refractivity contribution is 5.93. The first kappa shape index (κ1) is 19.6. The van der Waals surface area contributed by atoms with Crippen molar-refractivity contribution in [3.05, 3.63) is 48.0 Å². The smallest absolute Gasteiger partial charge is 0.254 e. The van der Waals surface area contributed by atoms with E-state index in [-0.39, 0.29) is 23.5 Å². The minimum atomic E-state index is -0.257. The quantitative estimate of drug-likeness (QED) is 0.841. The van der Waals surface area contributed by atoms with E-state index in [0.717, 1.165) is 31.4 Å². The average molecular weight is 397 g/mol. The molecule has 8 nitrogen and oxygen atoms in total. The van der Waals surface area contributed by atoms with Crippen LogP contribution in [0.1, 0.15) is 41.7 Å². The van der Waals surface area contributed by atoms with Crippen LogP contribution in [0.5, 0.6) is 0 Å². The molecule has 1 spiro atoms. The molecule has 0 bridgehead atoms. The van der Waals surface area contributed by atoms with E-state index in [1.807, 2.05) is 23.1 Å². The van der Waals surface area contributed by atoms with E-state index in [0.29, 0.717) is 31.7 Å². The lowest BCUT2D eigenvalue weighted by Gasteiger charge is -2.46. The lowest BCUT2D eigenvalue weighted by Crippen LogP contribution is -2.54. The summed E-state index contributed by atoms with van der Waals surface area (Å²) in [6.45, 7) is 1.98. The van der Waals surface area contributed by atoms with Crippen LogP contribution in [0.2, 0.25) is 0 Å². The predicted molar refractivity (Wildman–Crippen MR) is 106 cm³/mol. The number of carbonyl (C=O) groups is 2. The third-order valence-corrected chi connectivity index (χ3v) is 5.88. The molecule has 0 aromatic carbocycles. The summed E-state index contributed by atoms with van der Waals surface area (Å²) in [5.41, 5.74) is 1.11. The minimum absolute atomic E-state index is 0.0761. The molecule has 0 radical (unpaired) electrons. The molecule has 2 aromatic rings. The second-order valence-corrected chi connectivity index (χ2v) is 7.98. The van der Waals surface area contributed by atoms with Crippen molar-refractivity contribution in [2.24, 2.45) is 7.05 Å². The van der Waals surface area contributed by atoms with Gasteiger partial charge in [-0.15, -0.1) is 0 Å². The number of hydrogen-bond acceptors (Lipinski definition) is 5. The van der Waals surface area contributed by atoms with Gasteiger partial charge in [-0.25, -0.2) is 0 Å². The van der Waals surface area contributed by atoms with E-state index in [2.05, 4.69) is 15.4 Å². The molecule has 2 aliphatic rings. The Balaban J connectivity index is 1.30. The van der Waals surface area contributed by atoms with Gasteiger partial charge in [-0.2, -0.15) is 5.10 Å². The summed E-state index contributed by atoms with van der Waals surface area (Å²) in [7, 11) is 1.79. The number of hydrogen-bond donors (Lipinski definition) is 1. The van der Waals surface area contributed by atoms with Crippen LogP contribution in [0.25, 0.3) is 0 Å². The van der Waals surface area contributed by atoms with E-state index in [9.17, 15) is 9.59 Å². The molecule has 1 N–H and O–H groups in total. The van der Waals surface area contributed by atoms with Crippen molar-refractivity contribution in [3.8, 4) is 0 Å². The Morgan fingerprint density at radius 3 is 2.83 bits per heavy atom. The van der Waals surface area contributed by atoms with Crippen LogP contribution in [0.15, 0.2) is 36.8 Å². The highest BCUT2D eigenvalue weighted by Crippen LogP contribution is 2.35. The maximum atomic E-state index is 12.6. The molecule has 8 heteroatoms. The summed E-state index contributed by atoms with van der Waals surface area (Å²) in [6, 6.07) is 5.70. The Kier molecular flexibility index (Phi) is 5.62. The molecule has 0 saturated carbocycles. The molecule has 4 heterocycles. The van der Waals surface area contributed by atoms with Crippen LogP contribution in [-0.4, -0.2) is 62.8 Å². The topological polar surface area (TPSA) is 89.4 Å². The molecule has 1 atom stereocenters. The normalized spacial score (nSPS) is 21.1. The minimum Gasteiger partial charge on any atom is -0.375 e. The van der Waals surface area contributed by atoms with Crippen molar-refractivity contribution in [1.82, 2.24) is 25.0 Å². The number of amides is 2. The van der Waals surface area contributed by atoms with Gasteiger partial charge in [0.2, 0.25) is 5.91 Å². The monoisotopic (exact) mass is 397 g/mol. The van der Waals surface area contributed by atoms with E-state index in [1.165, 1.54) is 0 Å². The van der Waals surface area contributed by atoms with Crippen molar-refractivity contribution in [2.75, 3.05) is 19.7 Å². The van der Waals surface area contributed by atoms with E-state index < -0.39 is 0 Å². The van der Waals surface area contributed by atoms with Crippen LogP contribution in [0.3, 0.4) is 0 Å². The van der Waals surface area contributed by atoms with Crippen molar-refractivity contribution >= 4 is 11.8 Å². The van der Waals surface area contributed by atoms with Crippen LogP contribution in [0, 0.1) is 0 Å². The standard InChI is InChI=1S/C21H27N5O3/c1-25-15-16(14-23-25)20(28)24-18-5-11-29-21(13-18)6-9-26(10-7-21)19(27)12-17-4-2-3-8-22-17/h2-4,8,14-15,18H,5-7,9-13H2,1H3,(H,24,28). The largest absolute Gasteiger partial charge is 0.375 e. The summed E-state index contributed by atoms with van der Waals surface area (Å²) >= 11 is 0. The number of nitrogens with zero attached hydrogens (tertiary/aromatic N) is 4. The summed E-state index contributed by atoms with van der Waals surface area (Å²) in [4.78, 5) is 31.2. The first-order chi connectivity index (χ1) is 14.0. The first-order valence-electron chi connectivity index (χ1n) is 10.1. The molecule has 154 valence electrons. The molecular weight excluding hydrogens is 370 g/mol. The number of ether oxygens (including phenoxy) is 1. The molecule has 0 aliphatic carbocycles. The summed E-state index contributed by atoms with van der Waals surface area (Å²) in [5, 5.41) is 7.18. The SMILES string of the molecule is Cn1cc(C(=O)NC2CCOC3(CCN(C(=O)Cc4ccccn4)CC3)C2)cn1. The van der Waals surface area contributed by atoms with Gasteiger partial charge in [0.1, 0.15) is 0 Å². The van der Waals surface area contributed by atoms with Gasteiger partial charge in [0.05, 0.1) is 23.8 Å². The Morgan fingerprint density at radius 1 is 1.31 bits per heavy atom. The number of piperidine rings is 1. The lowest BCUT2D eigenvalue weighted by molar-refractivity contribution is -0.143. The molecule has 2 aromatic heterocycles. The molecule has 29 heavy (non-hydrogen) atoms. The van der Waals surface area contributed by atoms with Gasteiger partial charge < -0.3 is 15.0 Å². The fraction of sp³-hybridized carbons (Fsp3) is 0.524. The van der Waals surface area contributed by atoms with E-state index in [4.69, 9.17) is 4.74 Å². The third-order valence-electron chi connectivity index (χ3n) is 5.88. The molecular formula is C21H27N5O3. The van der Waals surface area contributed by atoms with Crippen LogP contribution in [0.4, 0.5) is 0 Å². The highest BCUT2D eigenvalue weighted by atomic mass is 16.5. The highest BCUT2D eigenvalue weighted by Gasteiger charge is 2.41. The van der Waals surface area contributed by atoms with E-state index >= 15 is 0 Å². The Labute approximate surface area is 170 Å². The van der Waals surface area contributed by atoms with Crippen molar-refractivity contribution in [2.45, 2.75) is 43.7 Å². The zero-order valence-corrected chi connectivity index (χ0v) is 16.7. The Morgan fingerprint density at radius 2 is 2.14 bits per heavy atom. The number of pyridine rings is 1. The van der Waals surface area contributed by atoms with Gasteiger partial charge in [0, 0.05) is 50.9 Å². The predicted octanol–water partition coefficient (Wildman–Crippen LogP) is 1.33. The molecule has 2 fully saturated rings. The fourth-order valence-corrected chi connectivity index (χ4v) is 4.24. The van der Waals surface area contributed by atoms with Gasteiger partial charge in [-0.3, -0.25) is 19.3 Å². The number of aromatic nitrogens is 3. The molecule has 2 aliphatic heterocycles. The summed E-state index contributed by atoms with van der Waals surface area (Å²) in [5.74, 6) is 0.0129. The lowest BCUT2D eigenvalue weighted by atomic mass is 9.82. The number of likely N-dealkylation sites (tertiary alicyclic amines) is 1. The molecule has 1 unspecified atom stereocenters. The summed E-state index contributed by atoms with van der Waals surface area (Å²) < 4.78 is 7.78. The second-order valence-electron chi connectivity index (χ2n) is 7.98. The maximum Gasteiger partial charge on any atom is 0.254 e. The van der Waals surface area contributed by atoms with Gasteiger partial charge in [0.25, 0.3) is 5.91 Å². The average Bonchev–Trinajstić information content (AvgIpc) is 3.16. The fourth-order valence-electron chi connectivity index (χ4n) is 4.24. The van der Waals surface area contributed by atoms with Crippen molar-refractivity contribution in [1.29, 1.82) is 0 Å². The Bertz CT molecular complexity index is 858. The van der Waals surface area contributed by atoms with Gasteiger partial charge >= 0.3 is 0 Å². The van der Waals surface area contributed by atoms with Gasteiger partial charge in [-0.1, -0.05) is 6.07 Å². The van der Waals surface area contributed by atoms with Crippen molar-refractivity contribution in [3.63, 3.8) is 0 Å². The zero-order valence-electron chi connectivity index (χ0n) is 16.7. The number of nitrogens with one attached hydrogen (secondary N) is 1. The number of aryl methyl sites for hydroxylation is 1. The molecule has 4 rings (SSSR count). The number of carbonyl (C=O) groups excluding carboxylic acids is 2. The third kappa shape index (κ3) is 4.64. The maximum absolute atomic E-state index is 12.6. The second kappa shape index (κ2) is 8.32. The van der Waals surface area contributed by atoms with Crippen LogP contribution < -0.4 is 5.32 Å². The van der Waals surface area contributed by atoms with Crippen molar-refractivity contribution < 1.29 is 14.3 Å². The van der Waals surface area contributed by atoms with Crippen LogP contribution in [-0.2, 0) is 23.0 Å². The van der Waals surface area contributed by atoms with Gasteiger partial charge in [0.15, 0.2) is 0 Å². The summed E-state index contributed by atoms with van der Waals surface area (Å²) in [6.07, 6.45) is 8.51. The zero-order chi connectivity index (χ0) is 20.3. The van der Waals surface area contributed by atoms with Gasteiger partial charge in [-0.05, 0) is 37.8 Å². The molecule has 2 amide bonds. The molecule has 2 saturated heterocycles. The Hall–Kier alpha value is -2.74. The van der Waals surface area contributed by atoms with Crippen LogP contribution >= 0.6 is 0 Å².